The maximum Gasteiger partial charge on any atom is 0.404 e. The van der Waals surface area contributed by atoms with Crippen LogP contribution in [0.3, 0.4) is 0 Å². The van der Waals surface area contributed by atoms with Gasteiger partial charge < -0.3 is 15.3 Å². The van der Waals surface area contributed by atoms with Crippen LogP contribution >= 0.6 is 0 Å². The molecular weight excluding hydrogens is 146 g/mol. The van der Waals surface area contributed by atoms with E-state index in [1.165, 1.54) is 0 Å². The summed E-state index contributed by atoms with van der Waals surface area (Å²) < 4.78 is 0. The van der Waals surface area contributed by atoms with Crippen LogP contribution in [0.15, 0.2) is 0 Å². The largest absolute Gasteiger partial charge is 0.465 e. The molecule has 1 atom stereocenters. The first kappa shape index (κ1) is 7.66. The Labute approximate surface area is 64.2 Å². The van der Waals surface area contributed by atoms with Crippen molar-refractivity contribution in [2.24, 2.45) is 0 Å². The highest BCUT2D eigenvalue weighted by molar-refractivity contribution is 5.64. The van der Waals surface area contributed by atoms with Gasteiger partial charge in [0, 0.05) is 13.1 Å². The zero-order valence-electron chi connectivity index (χ0n) is 5.95. The zero-order valence-corrected chi connectivity index (χ0v) is 5.95. The average Bonchev–Trinajstić information content (AvgIpc) is 2.34. The Morgan fingerprint density at radius 2 is 2.55 bits per heavy atom. The number of likely N-dealkylation sites (tertiary alicyclic amines) is 1. The van der Waals surface area contributed by atoms with Gasteiger partial charge in [0.25, 0.3) is 0 Å². The van der Waals surface area contributed by atoms with Crippen molar-refractivity contribution in [3.05, 3.63) is 0 Å². The van der Waals surface area contributed by atoms with Crippen molar-refractivity contribution >= 4 is 6.09 Å². The summed E-state index contributed by atoms with van der Waals surface area (Å²) in [6.45, 7) is 1.16. The second-order valence-electron chi connectivity index (χ2n) is 2.48. The topological polar surface area (TPSA) is 76.4 Å². The summed E-state index contributed by atoms with van der Waals surface area (Å²) in [5, 5.41) is 19.1. The molecule has 60 valence electrons. The number of carboxylic acid groups (broad SMARTS) is 1. The summed E-state index contributed by atoms with van der Waals surface area (Å²) in [6.07, 6.45) is 1.67. The Kier molecular flexibility index (Phi) is 2.16. The quantitative estimate of drug-likeness (QED) is 0.514. The van der Waals surface area contributed by atoms with Crippen LogP contribution in [0.2, 0.25) is 0 Å². The summed E-state index contributed by atoms with van der Waals surface area (Å²) in [6, 6.07) is -0.0767. The lowest BCUT2D eigenvalue weighted by Crippen LogP contribution is -2.35. The molecule has 1 saturated heterocycles. The van der Waals surface area contributed by atoms with E-state index in [0.717, 1.165) is 6.42 Å². The maximum absolute atomic E-state index is 10.1. The Hall–Kier alpha value is -1.44. The lowest BCUT2D eigenvalue weighted by atomic mass is 10.3. The Morgan fingerprint density at radius 1 is 1.82 bits per heavy atom. The molecule has 1 fully saturated rings. The molecule has 1 heterocycles. The predicted octanol–water partition coefficient (Wildman–Crippen LogP) is -0.191. The number of rotatable bonds is 1. The van der Waals surface area contributed by atoms with Gasteiger partial charge in [-0.15, -0.1) is 0 Å². The molecule has 0 spiro atoms. The second kappa shape index (κ2) is 3.10. The standard InChI is InChI=1S/C6H9N3O2/c7-4-9-2-1-5(3-9)8-6(10)11/h5,8H,1-3H2,(H,10,11)/t5-/m0/s1. The van der Waals surface area contributed by atoms with Gasteiger partial charge in [0.2, 0.25) is 0 Å². The maximum atomic E-state index is 10.1. The van der Waals surface area contributed by atoms with Crippen LogP contribution in [0.4, 0.5) is 4.79 Å². The summed E-state index contributed by atoms with van der Waals surface area (Å²) in [5.41, 5.74) is 0. The van der Waals surface area contributed by atoms with E-state index < -0.39 is 6.09 Å². The van der Waals surface area contributed by atoms with E-state index in [1.54, 1.807) is 4.90 Å². The van der Waals surface area contributed by atoms with E-state index in [-0.39, 0.29) is 6.04 Å². The molecule has 0 bridgehead atoms. The van der Waals surface area contributed by atoms with Gasteiger partial charge in [-0.1, -0.05) is 0 Å². The number of amides is 1. The number of carbonyl (C=O) groups is 1. The van der Waals surface area contributed by atoms with Gasteiger partial charge >= 0.3 is 6.09 Å². The summed E-state index contributed by atoms with van der Waals surface area (Å²) in [7, 11) is 0. The van der Waals surface area contributed by atoms with Crippen LogP contribution < -0.4 is 5.32 Å². The number of nitrogens with zero attached hydrogens (tertiary/aromatic N) is 2. The second-order valence-corrected chi connectivity index (χ2v) is 2.48. The first-order valence-corrected chi connectivity index (χ1v) is 3.36. The van der Waals surface area contributed by atoms with Crippen molar-refractivity contribution in [3.63, 3.8) is 0 Å². The fourth-order valence-electron chi connectivity index (χ4n) is 1.14. The third kappa shape index (κ3) is 2.00. The molecule has 5 nitrogen and oxygen atoms in total. The van der Waals surface area contributed by atoms with Crippen LogP contribution in [0.1, 0.15) is 6.42 Å². The number of hydrogen-bond donors (Lipinski definition) is 2. The molecule has 0 unspecified atom stereocenters. The number of nitrogens with one attached hydrogen (secondary N) is 1. The van der Waals surface area contributed by atoms with Crippen molar-refractivity contribution in [2.75, 3.05) is 13.1 Å². The van der Waals surface area contributed by atoms with E-state index in [2.05, 4.69) is 5.32 Å². The number of hydrogen-bond acceptors (Lipinski definition) is 3. The van der Waals surface area contributed by atoms with Gasteiger partial charge in [0.15, 0.2) is 6.19 Å². The van der Waals surface area contributed by atoms with Gasteiger partial charge in [-0.25, -0.2) is 4.79 Å². The minimum Gasteiger partial charge on any atom is -0.465 e. The fourth-order valence-corrected chi connectivity index (χ4v) is 1.14. The Morgan fingerprint density at radius 3 is 3.00 bits per heavy atom. The molecule has 2 N–H and O–H groups in total. The number of nitriles is 1. The van der Waals surface area contributed by atoms with Crippen molar-refractivity contribution in [3.8, 4) is 6.19 Å². The van der Waals surface area contributed by atoms with E-state index in [0.29, 0.717) is 13.1 Å². The van der Waals surface area contributed by atoms with Crippen molar-refractivity contribution in [1.29, 1.82) is 5.26 Å². The molecule has 0 aromatic rings. The molecule has 0 aromatic carbocycles. The molecule has 5 heteroatoms. The molecule has 1 aliphatic heterocycles. The van der Waals surface area contributed by atoms with Crippen LogP contribution in [0, 0.1) is 11.5 Å². The highest BCUT2D eigenvalue weighted by atomic mass is 16.4. The van der Waals surface area contributed by atoms with Gasteiger partial charge in [-0.05, 0) is 6.42 Å². The van der Waals surface area contributed by atoms with E-state index >= 15 is 0 Å². The molecule has 0 radical (unpaired) electrons. The van der Waals surface area contributed by atoms with Crippen molar-refractivity contribution in [1.82, 2.24) is 10.2 Å². The molecule has 0 saturated carbocycles. The third-order valence-electron chi connectivity index (χ3n) is 1.66. The van der Waals surface area contributed by atoms with Gasteiger partial charge in [0.1, 0.15) is 0 Å². The van der Waals surface area contributed by atoms with Gasteiger partial charge in [0.05, 0.1) is 6.04 Å². The Balaban J connectivity index is 2.31. The van der Waals surface area contributed by atoms with Crippen molar-refractivity contribution < 1.29 is 9.90 Å². The normalized spacial score (nSPS) is 22.8. The Bertz CT molecular complexity index is 198. The smallest absolute Gasteiger partial charge is 0.404 e. The zero-order chi connectivity index (χ0) is 8.27. The SMILES string of the molecule is N#CN1CC[C@H](NC(=O)O)C1. The lowest BCUT2D eigenvalue weighted by molar-refractivity contribution is 0.190. The predicted molar refractivity (Wildman–Crippen MR) is 36.8 cm³/mol. The molecular formula is C6H9N3O2. The van der Waals surface area contributed by atoms with E-state index in [9.17, 15) is 4.79 Å². The molecule has 0 aliphatic carbocycles. The highest BCUT2D eigenvalue weighted by Crippen LogP contribution is 2.06. The van der Waals surface area contributed by atoms with Crippen molar-refractivity contribution in [2.45, 2.75) is 12.5 Å². The minimum atomic E-state index is -1.02. The average molecular weight is 155 g/mol. The molecule has 1 rings (SSSR count). The van der Waals surface area contributed by atoms with Crippen LogP contribution in [0.25, 0.3) is 0 Å². The third-order valence-corrected chi connectivity index (χ3v) is 1.66. The monoisotopic (exact) mass is 155 g/mol. The first-order valence-electron chi connectivity index (χ1n) is 3.36. The molecule has 1 aliphatic rings. The lowest BCUT2D eigenvalue weighted by Gasteiger charge is -2.08. The van der Waals surface area contributed by atoms with Crippen LogP contribution in [-0.4, -0.2) is 35.2 Å². The fraction of sp³-hybridized carbons (Fsp3) is 0.667. The van der Waals surface area contributed by atoms with Gasteiger partial charge in [-0.3, -0.25) is 0 Å². The summed E-state index contributed by atoms with van der Waals surface area (Å²) >= 11 is 0. The summed E-state index contributed by atoms with van der Waals surface area (Å²) in [5.74, 6) is 0. The first-order chi connectivity index (χ1) is 5.22. The summed E-state index contributed by atoms with van der Waals surface area (Å²) in [4.78, 5) is 11.7. The van der Waals surface area contributed by atoms with Gasteiger partial charge in [-0.2, -0.15) is 5.26 Å². The minimum absolute atomic E-state index is 0.0767. The van der Waals surface area contributed by atoms with Crippen LogP contribution in [-0.2, 0) is 0 Å². The van der Waals surface area contributed by atoms with E-state index in [4.69, 9.17) is 10.4 Å². The van der Waals surface area contributed by atoms with Crippen LogP contribution in [0.5, 0.6) is 0 Å². The highest BCUT2D eigenvalue weighted by Gasteiger charge is 2.22. The van der Waals surface area contributed by atoms with E-state index in [1.807, 2.05) is 6.19 Å². The molecule has 0 aromatic heterocycles. The molecule has 11 heavy (non-hydrogen) atoms. The molecule has 1 amide bonds.